The van der Waals surface area contributed by atoms with E-state index in [0.29, 0.717) is 0 Å². The van der Waals surface area contributed by atoms with Crippen LogP contribution in [0.3, 0.4) is 0 Å². The van der Waals surface area contributed by atoms with E-state index >= 15 is 0 Å². The van der Waals surface area contributed by atoms with Gasteiger partial charge in [-0.15, -0.1) is 0 Å². The van der Waals surface area contributed by atoms with E-state index in [0.717, 1.165) is 0 Å². The van der Waals surface area contributed by atoms with Crippen LogP contribution < -0.4 is 0 Å². The quantitative estimate of drug-likeness (QED) is 0.132. The number of hydrogen-bond donors (Lipinski definition) is 8. The third-order valence-corrected chi connectivity index (χ3v) is 5.67. The molecule has 0 aromatic carbocycles. The minimum absolute atomic E-state index is 0.252. The predicted molar refractivity (Wildman–Crippen MR) is 128 cm³/mol. The fourth-order valence-corrected chi connectivity index (χ4v) is 2.96. The molecule has 0 saturated carbocycles. The number of rotatable bonds is 10. The van der Waals surface area contributed by atoms with Gasteiger partial charge in [0.15, 0.2) is 17.4 Å². The van der Waals surface area contributed by atoms with Crippen molar-refractivity contribution >= 4 is 0 Å². The summed E-state index contributed by atoms with van der Waals surface area (Å²) in [6.45, 7) is 9.83. The van der Waals surface area contributed by atoms with Gasteiger partial charge < -0.3 is 69.3 Å². The normalized spacial score (nSPS) is 27.6. The average Bonchev–Trinajstić information content (AvgIpc) is 3.42. The standard InChI is InChI=1S/C12H22O6.C6H14O6.C5H12O2/c1-11(2)15-5-7(17-11)9(13)10(14)8-6-16-12(3,4)18-8;7-1-3(9)5(11)6(12)4(10)2-8;1-5(2,6-3)7-4/h7-10,13-14H,5-6H2,1-4H3;3-12H,1-2H2;1-4H3. The zero-order valence-electron chi connectivity index (χ0n) is 23.0. The first-order chi connectivity index (χ1) is 16.9. The average molecular weight is 549 g/mol. The highest BCUT2D eigenvalue weighted by molar-refractivity contribution is 4.89. The van der Waals surface area contributed by atoms with Crippen molar-refractivity contribution in [1.82, 2.24) is 0 Å². The lowest BCUT2D eigenvalue weighted by Crippen LogP contribution is -2.47. The molecule has 0 aromatic rings. The summed E-state index contributed by atoms with van der Waals surface area (Å²) in [7, 11) is 3.23. The molecule has 2 rings (SSSR count). The van der Waals surface area contributed by atoms with Gasteiger partial charge in [-0.3, -0.25) is 0 Å². The van der Waals surface area contributed by atoms with Gasteiger partial charge in [-0.25, -0.2) is 0 Å². The summed E-state index contributed by atoms with van der Waals surface area (Å²) in [5.41, 5.74) is 0. The van der Waals surface area contributed by atoms with Crippen molar-refractivity contribution in [2.24, 2.45) is 0 Å². The maximum absolute atomic E-state index is 10.1. The first-order valence-corrected chi connectivity index (χ1v) is 11.9. The minimum Gasteiger partial charge on any atom is -0.394 e. The molecule has 0 spiro atoms. The number of aliphatic hydroxyl groups excluding tert-OH is 8. The Morgan fingerprint density at radius 2 is 1.00 bits per heavy atom. The Morgan fingerprint density at radius 3 is 1.16 bits per heavy atom. The molecule has 2 heterocycles. The Balaban J connectivity index is 0.000000590. The first kappa shape index (κ1) is 36.4. The molecule has 0 amide bonds. The highest BCUT2D eigenvalue weighted by atomic mass is 16.8. The van der Waals surface area contributed by atoms with Crippen LogP contribution in [0.4, 0.5) is 0 Å². The number of methoxy groups -OCH3 is 2. The summed E-state index contributed by atoms with van der Waals surface area (Å²) >= 11 is 0. The summed E-state index contributed by atoms with van der Waals surface area (Å²) in [6.07, 6.45) is -9.62. The largest absolute Gasteiger partial charge is 0.394 e. The number of hydrogen-bond acceptors (Lipinski definition) is 14. The monoisotopic (exact) mass is 548 g/mol. The number of ether oxygens (including phenoxy) is 6. The molecular weight excluding hydrogens is 500 g/mol. The van der Waals surface area contributed by atoms with Crippen LogP contribution in [0.25, 0.3) is 0 Å². The smallest absolute Gasteiger partial charge is 0.163 e. The fourth-order valence-electron chi connectivity index (χ4n) is 2.96. The maximum atomic E-state index is 10.1. The lowest BCUT2D eigenvalue weighted by Gasteiger charge is -2.27. The summed E-state index contributed by atoms with van der Waals surface area (Å²) in [6, 6.07) is 0. The maximum Gasteiger partial charge on any atom is 0.163 e. The Morgan fingerprint density at radius 1 is 0.703 bits per heavy atom. The van der Waals surface area contributed by atoms with Gasteiger partial charge in [0.25, 0.3) is 0 Å². The van der Waals surface area contributed by atoms with E-state index in [2.05, 4.69) is 0 Å². The van der Waals surface area contributed by atoms with Crippen molar-refractivity contribution in [2.45, 2.75) is 108 Å². The molecule has 37 heavy (non-hydrogen) atoms. The van der Waals surface area contributed by atoms with Crippen molar-refractivity contribution in [2.75, 3.05) is 40.6 Å². The van der Waals surface area contributed by atoms with Crippen LogP contribution in [0.2, 0.25) is 0 Å². The molecule has 2 fully saturated rings. The van der Waals surface area contributed by atoms with Crippen molar-refractivity contribution in [3.05, 3.63) is 0 Å². The Kier molecular flexibility index (Phi) is 15.6. The van der Waals surface area contributed by atoms with Crippen LogP contribution in [0.15, 0.2) is 0 Å². The van der Waals surface area contributed by atoms with Crippen molar-refractivity contribution in [3.8, 4) is 0 Å². The van der Waals surface area contributed by atoms with Gasteiger partial charge in [-0.05, 0) is 41.5 Å². The predicted octanol–water partition coefficient (Wildman–Crippen LogP) is -2.56. The highest BCUT2D eigenvalue weighted by Gasteiger charge is 2.45. The second-order valence-corrected chi connectivity index (χ2v) is 10.0. The van der Waals surface area contributed by atoms with Crippen LogP contribution >= 0.6 is 0 Å². The zero-order valence-corrected chi connectivity index (χ0v) is 23.0. The molecule has 2 aliphatic heterocycles. The molecule has 8 unspecified atom stereocenters. The first-order valence-electron chi connectivity index (χ1n) is 11.9. The van der Waals surface area contributed by atoms with Gasteiger partial charge in [0.1, 0.15) is 48.8 Å². The molecule has 0 radical (unpaired) electrons. The van der Waals surface area contributed by atoms with Crippen LogP contribution in [-0.2, 0) is 28.4 Å². The molecular formula is C23H48O14. The summed E-state index contributed by atoms with van der Waals surface area (Å²) in [5, 5.41) is 72.4. The molecule has 0 bridgehead atoms. The Bertz CT molecular complexity index is 566. The van der Waals surface area contributed by atoms with E-state index in [1.807, 2.05) is 13.8 Å². The Hall–Kier alpha value is -0.560. The molecule has 0 aliphatic carbocycles. The van der Waals surface area contributed by atoms with Crippen LogP contribution in [-0.4, -0.2) is 148 Å². The van der Waals surface area contributed by atoms with E-state index in [9.17, 15) is 10.2 Å². The van der Waals surface area contributed by atoms with E-state index in [4.69, 9.17) is 59.1 Å². The van der Waals surface area contributed by atoms with Gasteiger partial charge in [-0.2, -0.15) is 0 Å². The van der Waals surface area contributed by atoms with Gasteiger partial charge in [0.05, 0.1) is 26.4 Å². The van der Waals surface area contributed by atoms with Gasteiger partial charge >= 0.3 is 0 Å². The van der Waals surface area contributed by atoms with Gasteiger partial charge in [0, 0.05) is 14.2 Å². The van der Waals surface area contributed by atoms with Crippen LogP contribution in [0.1, 0.15) is 41.5 Å². The van der Waals surface area contributed by atoms with Gasteiger partial charge in [-0.1, -0.05) is 0 Å². The van der Waals surface area contributed by atoms with E-state index in [1.165, 1.54) is 0 Å². The lowest BCUT2D eigenvalue weighted by atomic mass is 10.0. The summed E-state index contributed by atoms with van der Waals surface area (Å²) in [5.74, 6) is -1.87. The molecule has 8 N–H and O–H groups in total. The molecule has 0 aromatic heterocycles. The lowest BCUT2D eigenvalue weighted by molar-refractivity contribution is -0.183. The third-order valence-electron chi connectivity index (χ3n) is 5.67. The van der Waals surface area contributed by atoms with Crippen molar-refractivity contribution in [3.63, 3.8) is 0 Å². The van der Waals surface area contributed by atoms with Crippen molar-refractivity contribution < 1.29 is 69.3 Å². The summed E-state index contributed by atoms with van der Waals surface area (Å²) in [4.78, 5) is 0. The Labute approximate surface area is 218 Å². The SMILES string of the molecule is CC1(C)OCC(C(O)C(O)C2COC(C)(C)O2)O1.COC(C)(C)OC.OCC(O)C(O)C(O)C(O)CO. The van der Waals surface area contributed by atoms with E-state index < -0.39 is 79.4 Å². The molecule has 2 aliphatic rings. The van der Waals surface area contributed by atoms with E-state index in [1.54, 1.807) is 41.9 Å². The molecule has 14 nitrogen and oxygen atoms in total. The van der Waals surface area contributed by atoms with Gasteiger partial charge in [0.2, 0.25) is 0 Å². The number of aliphatic hydroxyl groups is 8. The molecule has 14 heteroatoms. The van der Waals surface area contributed by atoms with Crippen LogP contribution in [0.5, 0.6) is 0 Å². The molecule has 224 valence electrons. The van der Waals surface area contributed by atoms with E-state index in [-0.39, 0.29) is 13.2 Å². The minimum atomic E-state index is -1.67. The second kappa shape index (κ2) is 15.9. The topological polar surface area (TPSA) is 217 Å². The van der Waals surface area contributed by atoms with Crippen LogP contribution in [0, 0.1) is 0 Å². The molecule has 8 atom stereocenters. The fraction of sp³-hybridized carbons (Fsp3) is 1.00. The van der Waals surface area contributed by atoms with Crippen molar-refractivity contribution in [1.29, 1.82) is 0 Å². The third kappa shape index (κ3) is 12.9. The second-order valence-electron chi connectivity index (χ2n) is 10.0. The summed E-state index contributed by atoms with van der Waals surface area (Å²) < 4.78 is 31.5. The highest BCUT2D eigenvalue weighted by Crippen LogP contribution is 2.29. The molecule has 2 saturated heterocycles. The zero-order chi connectivity index (χ0) is 29.2.